The molecule has 4 heterocycles. The molecule has 0 saturated carbocycles. The largest absolute Gasteiger partial charge is 0.416 e. The van der Waals surface area contributed by atoms with Gasteiger partial charge in [0.15, 0.2) is 0 Å². The number of benzene rings is 2. The van der Waals surface area contributed by atoms with Crippen molar-refractivity contribution < 1.29 is 18.0 Å². The average molecular weight is 595 g/mol. The lowest BCUT2D eigenvalue weighted by molar-refractivity contribution is -0.137. The number of rotatable bonds is 8. The van der Waals surface area contributed by atoms with E-state index in [2.05, 4.69) is 25.2 Å². The molecular formula is C32H37F3N6O2. The standard InChI is InChI=1S/C30H31F3N6O2.C2H6/c1-18-4-5-21(30(31,32)33)14-19(18)6-8-34-23-7-9-35-28(40)26(23)27-36-24-15-20-17-39(13-12-38-10-2-3-11-38)29(41)22(20)16-25(24)37-27;1-2/h4-5,7,9,14-16H,2-3,6,8,10-13,17H2,1H3,(H,36,37)(H2,34,35,40);1-2H3. The van der Waals surface area contributed by atoms with Gasteiger partial charge in [0, 0.05) is 37.9 Å². The number of hydrogen-bond donors (Lipinski definition) is 3. The number of carbonyl (C=O) groups excluding carboxylic acids is 1. The average Bonchev–Trinajstić information content (AvgIpc) is 3.71. The third kappa shape index (κ3) is 6.46. The van der Waals surface area contributed by atoms with E-state index in [0.29, 0.717) is 59.8 Å². The first-order valence-corrected chi connectivity index (χ1v) is 14.8. The number of anilines is 1. The second-order valence-corrected chi connectivity index (χ2v) is 10.8. The Kier molecular flexibility index (Phi) is 8.91. The number of pyridine rings is 1. The topological polar surface area (TPSA) is 97.1 Å². The molecule has 1 amide bonds. The molecule has 1 saturated heterocycles. The number of imidazole rings is 1. The molecule has 2 aromatic carbocycles. The van der Waals surface area contributed by atoms with E-state index in [-0.39, 0.29) is 11.5 Å². The van der Waals surface area contributed by atoms with Crippen LogP contribution in [-0.4, -0.2) is 63.4 Å². The zero-order valence-electron chi connectivity index (χ0n) is 24.7. The van der Waals surface area contributed by atoms with Gasteiger partial charge in [-0.05, 0) is 86.3 Å². The maximum Gasteiger partial charge on any atom is 0.416 e. The first-order chi connectivity index (χ1) is 20.7. The number of hydrogen-bond acceptors (Lipinski definition) is 5. The number of aromatic amines is 2. The summed E-state index contributed by atoms with van der Waals surface area (Å²) in [6.45, 7) is 10.4. The maximum absolute atomic E-state index is 13.2. The summed E-state index contributed by atoms with van der Waals surface area (Å²) >= 11 is 0. The van der Waals surface area contributed by atoms with Gasteiger partial charge in [0.25, 0.3) is 11.5 Å². The second-order valence-electron chi connectivity index (χ2n) is 10.8. The first kappa shape index (κ1) is 30.3. The van der Waals surface area contributed by atoms with Crippen molar-refractivity contribution in [3.05, 3.63) is 80.8 Å². The first-order valence-electron chi connectivity index (χ1n) is 14.8. The number of amides is 1. The summed E-state index contributed by atoms with van der Waals surface area (Å²) in [5.74, 6) is 0.344. The fourth-order valence-electron chi connectivity index (χ4n) is 5.76. The van der Waals surface area contributed by atoms with Crippen molar-refractivity contribution in [2.45, 2.75) is 52.8 Å². The van der Waals surface area contributed by atoms with Crippen LogP contribution >= 0.6 is 0 Å². The van der Waals surface area contributed by atoms with Gasteiger partial charge in [-0.2, -0.15) is 13.2 Å². The number of aromatic nitrogens is 3. The molecule has 0 spiro atoms. The highest BCUT2D eigenvalue weighted by molar-refractivity contribution is 6.02. The molecule has 0 radical (unpaired) electrons. The maximum atomic E-state index is 13.2. The van der Waals surface area contributed by atoms with E-state index in [1.807, 2.05) is 24.8 Å². The van der Waals surface area contributed by atoms with Crippen LogP contribution in [0.3, 0.4) is 0 Å². The minimum absolute atomic E-state index is 0.00422. The summed E-state index contributed by atoms with van der Waals surface area (Å²) in [4.78, 5) is 40.8. The zero-order valence-corrected chi connectivity index (χ0v) is 24.7. The molecule has 8 nitrogen and oxygen atoms in total. The normalized spacial score (nSPS) is 15.1. The van der Waals surface area contributed by atoms with Gasteiger partial charge in [0.2, 0.25) is 0 Å². The molecule has 11 heteroatoms. The Balaban J connectivity index is 0.00000180. The molecule has 6 rings (SSSR count). The second kappa shape index (κ2) is 12.6. The number of aryl methyl sites for hydroxylation is 1. The number of alkyl halides is 3. The summed E-state index contributed by atoms with van der Waals surface area (Å²) in [5.41, 5.74) is 3.97. The number of nitrogens with zero attached hydrogens (tertiary/aromatic N) is 3. The predicted octanol–water partition coefficient (Wildman–Crippen LogP) is 5.98. The van der Waals surface area contributed by atoms with E-state index in [9.17, 15) is 22.8 Å². The molecule has 1 fully saturated rings. The van der Waals surface area contributed by atoms with Gasteiger partial charge in [0.1, 0.15) is 11.4 Å². The number of H-pyrrole nitrogens is 2. The smallest absolute Gasteiger partial charge is 0.384 e. The number of nitrogens with one attached hydrogen (secondary N) is 3. The lowest BCUT2D eigenvalue weighted by atomic mass is 10.0. The number of likely N-dealkylation sites (tertiary alicyclic amines) is 1. The zero-order chi connectivity index (χ0) is 30.7. The van der Waals surface area contributed by atoms with E-state index in [1.54, 1.807) is 19.1 Å². The lowest BCUT2D eigenvalue weighted by Crippen LogP contribution is -2.33. The van der Waals surface area contributed by atoms with E-state index in [0.717, 1.165) is 42.3 Å². The highest BCUT2D eigenvalue weighted by Crippen LogP contribution is 2.32. The van der Waals surface area contributed by atoms with Crippen molar-refractivity contribution in [3.63, 3.8) is 0 Å². The summed E-state index contributed by atoms with van der Waals surface area (Å²) in [7, 11) is 0. The van der Waals surface area contributed by atoms with Crippen LogP contribution in [0.4, 0.5) is 18.9 Å². The van der Waals surface area contributed by atoms with Crippen LogP contribution in [0.2, 0.25) is 0 Å². The molecule has 0 atom stereocenters. The molecule has 228 valence electrons. The van der Waals surface area contributed by atoms with Gasteiger partial charge >= 0.3 is 6.18 Å². The third-order valence-corrected chi connectivity index (χ3v) is 8.05. The SMILES string of the molecule is CC.Cc1ccc(C(F)(F)F)cc1CCNc1cc[nH]c(=O)c1-c1nc2cc3c(cc2[nH]1)CN(CCN1CCCC1)C3=O. The minimum atomic E-state index is -4.41. The summed E-state index contributed by atoms with van der Waals surface area (Å²) in [6, 6.07) is 9.13. The van der Waals surface area contributed by atoms with Crippen molar-refractivity contribution in [2.24, 2.45) is 0 Å². The lowest BCUT2D eigenvalue weighted by Gasteiger charge is -2.20. The molecule has 4 aromatic rings. The molecule has 0 unspecified atom stereocenters. The summed E-state index contributed by atoms with van der Waals surface area (Å²) < 4.78 is 39.5. The molecular weight excluding hydrogens is 557 g/mol. The fraction of sp³-hybridized carbons (Fsp3) is 0.406. The predicted molar refractivity (Wildman–Crippen MR) is 162 cm³/mol. The molecule has 0 aliphatic carbocycles. The minimum Gasteiger partial charge on any atom is -0.384 e. The third-order valence-electron chi connectivity index (χ3n) is 8.05. The summed E-state index contributed by atoms with van der Waals surface area (Å²) in [6.07, 6.45) is -0.136. The van der Waals surface area contributed by atoms with Gasteiger partial charge in [-0.3, -0.25) is 9.59 Å². The Morgan fingerprint density at radius 1 is 1.02 bits per heavy atom. The van der Waals surface area contributed by atoms with E-state index in [1.165, 1.54) is 31.2 Å². The molecule has 2 aliphatic rings. The van der Waals surface area contributed by atoms with Gasteiger partial charge in [-0.15, -0.1) is 0 Å². The molecule has 2 aliphatic heterocycles. The number of fused-ring (bicyclic) bond motifs is 2. The van der Waals surface area contributed by atoms with E-state index < -0.39 is 11.7 Å². The van der Waals surface area contributed by atoms with Crippen LogP contribution in [0.1, 0.15) is 59.3 Å². The summed E-state index contributed by atoms with van der Waals surface area (Å²) in [5, 5.41) is 3.20. The van der Waals surface area contributed by atoms with Gasteiger partial charge < -0.3 is 25.1 Å². The Morgan fingerprint density at radius 2 is 1.79 bits per heavy atom. The van der Waals surface area contributed by atoms with Gasteiger partial charge in [0.05, 0.1) is 22.3 Å². The van der Waals surface area contributed by atoms with Crippen molar-refractivity contribution in [1.82, 2.24) is 24.8 Å². The van der Waals surface area contributed by atoms with Crippen LogP contribution in [0.5, 0.6) is 0 Å². The van der Waals surface area contributed by atoms with Crippen LogP contribution in [0.15, 0.2) is 47.4 Å². The van der Waals surface area contributed by atoms with Crippen LogP contribution < -0.4 is 10.9 Å². The molecule has 0 bridgehead atoms. The fourth-order valence-corrected chi connectivity index (χ4v) is 5.76. The molecule has 43 heavy (non-hydrogen) atoms. The quantitative estimate of drug-likeness (QED) is 0.233. The Morgan fingerprint density at radius 3 is 2.53 bits per heavy atom. The van der Waals surface area contributed by atoms with Crippen LogP contribution in [0.25, 0.3) is 22.4 Å². The highest BCUT2D eigenvalue weighted by atomic mass is 19.4. The Bertz CT molecular complexity index is 1670. The Hall–Kier alpha value is -4.12. The van der Waals surface area contributed by atoms with Crippen molar-refractivity contribution >= 4 is 22.6 Å². The van der Waals surface area contributed by atoms with Crippen molar-refractivity contribution in [2.75, 3.05) is 38.0 Å². The molecule has 2 aromatic heterocycles. The number of carbonyl (C=O) groups is 1. The van der Waals surface area contributed by atoms with E-state index >= 15 is 0 Å². The van der Waals surface area contributed by atoms with Crippen molar-refractivity contribution in [1.29, 1.82) is 0 Å². The van der Waals surface area contributed by atoms with Crippen molar-refractivity contribution in [3.8, 4) is 11.4 Å². The number of halogens is 3. The van der Waals surface area contributed by atoms with Crippen LogP contribution in [0, 0.1) is 6.92 Å². The molecule has 3 N–H and O–H groups in total. The Labute approximate surface area is 248 Å². The van der Waals surface area contributed by atoms with E-state index in [4.69, 9.17) is 0 Å². The monoisotopic (exact) mass is 594 g/mol. The van der Waals surface area contributed by atoms with Crippen LogP contribution in [-0.2, 0) is 19.1 Å². The van der Waals surface area contributed by atoms with Gasteiger partial charge in [-0.25, -0.2) is 4.98 Å². The van der Waals surface area contributed by atoms with Gasteiger partial charge in [-0.1, -0.05) is 19.9 Å². The highest BCUT2D eigenvalue weighted by Gasteiger charge is 2.31.